The first-order valence-electron chi connectivity index (χ1n) is 8.90. The fourth-order valence-corrected chi connectivity index (χ4v) is 4.06. The molecular weight excluding hydrogens is 426 g/mol. The molecule has 4 rings (SSSR count). The summed E-state index contributed by atoms with van der Waals surface area (Å²) >= 11 is 7.57. The molecule has 0 aliphatic carbocycles. The lowest BCUT2D eigenvalue weighted by atomic mass is 10.1. The molecule has 0 saturated carbocycles. The lowest BCUT2D eigenvalue weighted by Crippen LogP contribution is -2.03. The zero-order chi connectivity index (χ0) is 21.4. The van der Waals surface area contributed by atoms with Crippen LogP contribution >= 0.6 is 22.9 Å². The van der Waals surface area contributed by atoms with Crippen molar-refractivity contribution in [2.45, 2.75) is 20.8 Å². The minimum Gasteiger partial charge on any atom is -0.434 e. The molecule has 0 amide bonds. The molecule has 8 nitrogen and oxygen atoms in total. The van der Waals surface area contributed by atoms with Gasteiger partial charge in [0.15, 0.2) is 5.13 Å². The summed E-state index contributed by atoms with van der Waals surface area (Å²) in [4.78, 5) is 23.8. The van der Waals surface area contributed by atoms with E-state index in [2.05, 4.69) is 20.3 Å². The minimum absolute atomic E-state index is 0.00381. The van der Waals surface area contributed by atoms with Gasteiger partial charge < -0.3 is 10.1 Å². The van der Waals surface area contributed by atoms with Gasteiger partial charge in [-0.25, -0.2) is 9.97 Å². The van der Waals surface area contributed by atoms with Gasteiger partial charge in [0.05, 0.1) is 15.1 Å². The normalized spacial score (nSPS) is 10.9. The monoisotopic (exact) mass is 441 g/mol. The van der Waals surface area contributed by atoms with E-state index < -0.39 is 4.92 Å². The molecule has 2 heterocycles. The van der Waals surface area contributed by atoms with Gasteiger partial charge in [0.1, 0.15) is 12.1 Å². The van der Waals surface area contributed by atoms with Crippen molar-refractivity contribution in [2.24, 2.45) is 0 Å². The summed E-state index contributed by atoms with van der Waals surface area (Å²) in [7, 11) is 0. The number of hydrogen-bond donors (Lipinski definition) is 1. The van der Waals surface area contributed by atoms with Crippen molar-refractivity contribution in [1.29, 1.82) is 0 Å². The first-order chi connectivity index (χ1) is 14.3. The van der Waals surface area contributed by atoms with E-state index in [4.69, 9.17) is 16.3 Å². The maximum atomic E-state index is 11.8. The van der Waals surface area contributed by atoms with Crippen LogP contribution in [0.3, 0.4) is 0 Å². The van der Waals surface area contributed by atoms with Gasteiger partial charge in [0.2, 0.25) is 5.82 Å². The van der Waals surface area contributed by atoms with Gasteiger partial charge in [0, 0.05) is 5.02 Å². The number of halogens is 1. The number of para-hydroxylation sites is 1. The summed E-state index contributed by atoms with van der Waals surface area (Å²) in [6.45, 7) is 5.62. The highest BCUT2D eigenvalue weighted by Crippen LogP contribution is 2.38. The zero-order valence-electron chi connectivity index (χ0n) is 16.3. The first kappa shape index (κ1) is 20.0. The van der Waals surface area contributed by atoms with Gasteiger partial charge in [-0.3, -0.25) is 10.1 Å². The number of ether oxygens (including phenoxy) is 1. The summed E-state index contributed by atoms with van der Waals surface area (Å²) in [5.74, 6) is 0.234. The fourth-order valence-electron chi connectivity index (χ4n) is 3.01. The van der Waals surface area contributed by atoms with Crippen molar-refractivity contribution < 1.29 is 9.66 Å². The Morgan fingerprint density at radius 2 is 1.87 bits per heavy atom. The number of rotatable bonds is 5. The number of hydrogen-bond acceptors (Lipinski definition) is 8. The summed E-state index contributed by atoms with van der Waals surface area (Å²) in [6, 6.07) is 9.24. The van der Waals surface area contributed by atoms with Gasteiger partial charge >= 0.3 is 11.6 Å². The molecule has 30 heavy (non-hydrogen) atoms. The summed E-state index contributed by atoms with van der Waals surface area (Å²) in [5, 5.41) is 15.9. The van der Waals surface area contributed by atoms with Crippen molar-refractivity contribution in [3.8, 4) is 11.6 Å². The predicted octanol–water partition coefficient (Wildman–Crippen LogP) is 6.11. The average Bonchev–Trinajstić information content (AvgIpc) is 3.10. The summed E-state index contributed by atoms with van der Waals surface area (Å²) in [6.07, 6.45) is 1.21. The van der Waals surface area contributed by atoms with Crippen LogP contribution in [0.4, 0.5) is 16.6 Å². The first-order valence-corrected chi connectivity index (χ1v) is 10.1. The largest absolute Gasteiger partial charge is 0.434 e. The third-order valence-electron chi connectivity index (χ3n) is 4.44. The Labute approximate surface area is 180 Å². The highest BCUT2D eigenvalue weighted by molar-refractivity contribution is 7.22. The SMILES string of the molecule is Cc1cc(Oc2ncnc(Nc3nc4c(C)cccc4s3)c2[N+](=O)[O-])cc(C)c1Cl. The molecule has 1 N–H and O–H groups in total. The molecule has 0 fully saturated rings. The van der Waals surface area contributed by atoms with Crippen LogP contribution in [0.25, 0.3) is 10.2 Å². The fraction of sp³-hybridized carbons (Fsp3) is 0.150. The topological polar surface area (TPSA) is 103 Å². The van der Waals surface area contributed by atoms with Crippen molar-refractivity contribution in [2.75, 3.05) is 5.32 Å². The van der Waals surface area contributed by atoms with E-state index >= 15 is 0 Å². The number of nitrogens with one attached hydrogen (secondary N) is 1. The number of benzene rings is 2. The van der Waals surface area contributed by atoms with E-state index in [0.717, 1.165) is 26.9 Å². The summed E-state index contributed by atoms with van der Waals surface area (Å²) in [5.41, 5.74) is 3.08. The number of anilines is 2. The Hall–Kier alpha value is -3.30. The molecule has 0 unspecified atom stereocenters. The quantitative estimate of drug-likeness (QED) is 0.294. The molecule has 2 aromatic carbocycles. The Kier molecular flexibility index (Phi) is 5.23. The molecule has 0 radical (unpaired) electrons. The minimum atomic E-state index is -0.578. The molecule has 152 valence electrons. The third kappa shape index (κ3) is 3.77. The Morgan fingerprint density at radius 1 is 1.13 bits per heavy atom. The van der Waals surface area contributed by atoms with Gasteiger partial charge in [0.25, 0.3) is 0 Å². The standard InChI is InChI=1S/C20H16ClN5O3S/c1-10-5-4-6-14-16(10)24-20(30-14)25-18-17(26(27)28)19(23-9-22-18)29-13-7-11(2)15(21)12(3)8-13/h4-9H,1-3H3,(H,22,23,24,25). The second-order valence-electron chi connectivity index (χ2n) is 6.67. The van der Waals surface area contributed by atoms with Crippen LogP contribution in [0.15, 0.2) is 36.7 Å². The predicted molar refractivity (Wildman–Crippen MR) is 117 cm³/mol. The molecular formula is C20H16ClN5O3S. The van der Waals surface area contributed by atoms with E-state index in [1.165, 1.54) is 17.7 Å². The maximum absolute atomic E-state index is 11.8. The second-order valence-corrected chi connectivity index (χ2v) is 8.08. The van der Waals surface area contributed by atoms with Gasteiger partial charge in [-0.1, -0.05) is 35.1 Å². The van der Waals surface area contributed by atoms with Crippen LogP contribution in [0, 0.1) is 30.9 Å². The molecule has 0 bridgehead atoms. The van der Waals surface area contributed by atoms with E-state index in [9.17, 15) is 10.1 Å². The van der Waals surface area contributed by atoms with Crippen LogP contribution in [0.5, 0.6) is 11.6 Å². The highest BCUT2D eigenvalue weighted by Gasteiger charge is 2.26. The highest BCUT2D eigenvalue weighted by atomic mass is 35.5. The molecule has 2 aromatic heterocycles. The maximum Gasteiger partial charge on any atom is 0.373 e. The molecule has 0 aliphatic heterocycles. The van der Waals surface area contributed by atoms with Crippen LogP contribution in [-0.2, 0) is 0 Å². The molecule has 0 saturated heterocycles. The van der Waals surface area contributed by atoms with Crippen LogP contribution in [0.2, 0.25) is 5.02 Å². The van der Waals surface area contributed by atoms with Crippen LogP contribution in [0.1, 0.15) is 16.7 Å². The van der Waals surface area contributed by atoms with Crippen molar-refractivity contribution in [1.82, 2.24) is 15.0 Å². The number of nitro groups is 1. The molecule has 0 aliphatic rings. The number of nitrogens with zero attached hydrogens (tertiary/aromatic N) is 4. The van der Waals surface area contributed by atoms with Gasteiger partial charge in [-0.05, 0) is 55.7 Å². The number of aromatic nitrogens is 3. The van der Waals surface area contributed by atoms with E-state index in [-0.39, 0.29) is 17.4 Å². The van der Waals surface area contributed by atoms with Gasteiger partial charge in [-0.2, -0.15) is 4.98 Å². The van der Waals surface area contributed by atoms with E-state index in [1.807, 2.05) is 39.0 Å². The number of aryl methyl sites for hydroxylation is 3. The van der Waals surface area contributed by atoms with Crippen LogP contribution < -0.4 is 10.1 Å². The Balaban J connectivity index is 1.72. The molecule has 0 spiro atoms. The smallest absolute Gasteiger partial charge is 0.373 e. The Morgan fingerprint density at radius 3 is 2.53 bits per heavy atom. The second kappa shape index (κ2) is 7.85. The van der Waals surface area contributed by atoms with E-state index in [1.54, 1.807) is 12.1 Å². The Bertz CT molecular complexity index is 1270. The molecule has 4 aromatic rings. The molecule has 0 atom stereocenters. The zero-order valence-corrected chi connectivity index (χ0v) is 17.8. The molecule has 10 heteroatoms. The van der Waals surface area contributed by atoms with E-state index in [0.29, 0.717) is 15.9 Å². The third-order valence-corrected chi connectivity index (χ3v) is 5.97. The average molecular weight is 442 g/mol. The lowest BCUT2D eigenvalue weighted by molar-refractivity contribution is -0.385. The van der Waals surface area contributed by atoms with Crippen molar-refractivity contribution in [3.63, 3.8) is 0 Å². The van der Waals surface area contributed by atoms with Crippen molar-refractivity contribution in [3.05, 3.63) is 68.5 Å². The number of fused-ring (bicyclic) bond motifs is 1. The lowest BCUT2D eigenvalue weighted by Gasteiger charge is -2.10. The summed E-state index contributed by atoms with van der Waals surface area (Å²) < 4.78 is 6.71. The van der Waals surface area contributed by atoms with Crippen molar-refractivity contribution >= 4 is 49.8 Å². The number of thiazole rings is 1. The van der Waals surface area contributed by atoms with Gasteiger partial charge in [-0.15, -0.1) is 0 Å². The van der Waals surface area contributed by atoms with Crippen LogP contribution in [-0.4, -0.2) is 19.9 Å².